The van der Waals surface area contributed by atoms with Crippen LogP contribution in [0.1, 0.15) is 30.2 Å². The van der Waals surface area contributed by atoms with Gasteiger partial charge in [-0.15, -0.1) is 11.3 Å². The molecule has 1 unspecified atom stereocenters. The highest BCUT2D eigenvalue weighted by Gasteiger charge is 2.01. The third-order valence-electron chi connectivity index (χ3n) is 2.44. The van der Waals surface area contributed by atoms with E-state index in [0.717, 1.165) is 32.5 Å². The van der Waals surface area contributed by atoms with E-state index in [9.17, 15) is 0 Å². The molecule has 0 amide bonds. The summed E-state index contributed by atoms with van der Waals surface area (Å²) in [7, 11) is 0. The Morgan fingerprint density at radius 2 is 2.40 bits per heavy atom. The minimum absolute atomic E-state index is 0.611. The molecule has 4 heteroatoms. The van der Waals surface area contributed by atoms with E-state index >= 15 is 0 Å². The van der Waals surface area contributed by atoms with Crippen LogP contribution < -0.4 is 11.1 Å². The molecule has 0 saturated carbocycles. The topological polar surface area (TPSA) is 50.9 Å². The molecule has 3 N–H and O–H groups in total. The molecule has 1 aromatic rings. The van der Waals surface area contributed by atoms with Crippen LogP contribution in [-0.2, 0) is 13.0 Å². The third kappa shape index (κ3) is 4.73. The number of nitrogens with two attached hydrogens (primary N) is 1. The Morgan fingerprint density at radius 3 is 3.00 bits per heavy atom. The van der Waals surface area contributed by atoms with Gasteiger partial charge in [0.1, 0.15) is 5.01 Å². The second kappa shape index (κ2) is 6.93. The van der Waals surface area contributed by atoms with Crippen LogP contribution >= 0.6 is 11.3 Å². The lowest BCUT2D eigenvalue weighted by Gasteiger charge is -2.07. The Labute approximate surface area is 96.1 Å². The van der Waals surface area contributed by atoms with Gasteiger partial charge in [-0.05, 0) is 31.8 Å². The average Bonchev–Trinajstić information content (AvgIpc) is 2.72. The minimum atomic E-state index is 0.611. The molecule has 0 aromatic carbocycles. The Bertz CT molecular complexity index is 273. The van der Waals surface area contributed by atoms with Crippen LogP contribution in [0, 0.1) is 5.92 Å². The second-order valence-electron chi connectivity index (χ2n) is 3.88. The molecule has 0 spiro atoms. The molecule has 0 saturated heterocycles. The van der Waals surface area contributed by atoms with Gasteiger partial charge in [-0.1, -0.05) is 13.8 Å². The van der Waals surface area contributed by atoms with Gasteiger partial charge < -0.3 is 11.1 Å². The Balaban J connectivity index is 2.14. The zero-order valence-corrected chi connectivity index (χ0v) is 10.4. The van der Waals surface area contributed by atoms with Gasteiger partial charge in [-0.2, -0.15) is 0 Å². The molecule has 0 bridgehead atoms. The van der Waals surface area contributed by atoms with Crippen molar-refractivity contribution >= 4 is 11.3 Å². The van der Waals surface area contributed by atoms with E-state index in [1.54, 1.807) is 11.3 Å². The summed E-state index contributed by atoms with van der Waals surface area (Å²) in [6.45, 7) is 7.04. The van der Waals surface area contributed by atoms with Crippen LogP contribution in [0.2, 0.25) is 0 Å². The summed E-state index contributed by atoms with van der Waals surface area (Å²) in [5.41, 5.74) is 5.55. The van der Waals surface area contributed by atoms with Crippen molar-refractivity contribution in [2.24, 2.45) is 11.7 Å². The number of nitrogens with one attached hydrogen (secondary N) is 1. The normalized spacial score (nSPS) is 13.0. The molecule has 0 aliphatic rings. The lowest BCUT2D eigenvalue weighted by Crippen LogP contribution is -2.20. The molecule has 1 heterocycles. The van der Waals surface area contributed by atoms with Crippen molar-refractivity contribution < 1.29 is 0 Å². The van der Waals surface area contributed by atoms with E-state index in [-0.39, 0.29) is 0 Å². The lowest BCUT2D eigenvalue weighted by molar-refractivity contribution is 0.509. The molecule has 1 atom stereocenters. The first-order valence-electron chi connectivity index (χ1n) is 5.60. The molecule has 0 radical (unpaired) electrons. The molecular weight excluding hydrogens is 206 g/mol. The molecule has 15 heavy (non-hydrogen) atoms. The number of hydrogen-bond donors (Lipinski definition) is 2. The molecule has 1 aromatic heterocycles. The second-order valence-corrected chi connectivity index (χ2v) is 5.08. The molecule has 0 fully saturated rings. The fraction of sp³-hybridized carbons (Fsp3) is 0.727. The zero-order valence-electron chi connectivity index (χ0n) is 9.62. The van der Waals surface area contributed by atoms with Crippen LogP contribution in [0.15, 0.2) is 6.20 Å². The Kier molecular flexibility index (Phi) is 5.83. The first-order chi connectivity index (χ1) is 7.26. The predicted molar refractivity (Wildman–Crippen MR) is 66.0 cm³/mol. The fourth-order valence-electron chi connectivity index (χ4n) is 1.25. The van der Waals surface area contributed by atoms with E-state index in [0.29, 0.717) is 5.92 Å². The molecule has 0 aliphatic carbocycles. The third-order valence-corrected chi connectivity index (χ3v) is 3.58. The molecule has 86 valence electrons. The number of hydrogen-bond acceptors (Lipinski definition) is 4. The van der Waals surface area contributed by atoms with Gasteiger partial charge in [0.15, 0.2) is 0 Å². The quantitative estimate of drug-likeness (QED) is 0.698. The summed E-state index contributed by atoms with van der Waals surface area (Å²) >= 11 is 1.80. The van der Waals surface area contributed by atoms with E-state index in [2.05, 4.69) is 24.1 Å². The molecule has 3 nitrogen and oxygen atoms in total. The Hall–Kier alpha value is -0.450. The van der Waals surface area contributed by atoms with Gasteiger partial charge in [0.2, 0.25) is 0 Å². The summed E-state index contributed by atoms with van der Waals surface area (Å²) in [5.74, 6) is 0.611. The van der Waals surface area contributed by atoms with Gasteiger partial charge in [-0.3, -0.25) is 0 Å². The van der Waals surface area contributed by atoms with Gasteiger partial charge in [-0.25, -0.2) is 4.98 Å². The first-order valence-corrected chi connectivity index (χ1v) is 6.42. The van der Waals surface area contributed by atoms with Crippen LogP contribution in [0.4, 0.5) is 0 Å². The highest BCUT2D eigenvalue weighted by molar-refractivity contribution is 7.11. The summed E-state index contributed by atoms with van der Waals surface area (Å²) in [6, 6.07) is 0. The molecule has 1 rings (SSSR count). The Morgan fingerprint density at radius 1 is 1.60 bits per heavy atom. The highest BCUT2D eigenvalue weighted by atomic mass is 32.1. The summed E-state index contributed by atoms with van der Waals surface area (Å²) in [5, 5.41) is 4.58. The van der Waals surface area contributed by atoms with E-state index < -0.39 is 0 Å². The highest BCUT2D eigenvalue weighted by Crippen LogP contribution is 2.12. The number of thiazole rings is 1. The number of aromatic nitrogens is 1. The van der Waals surface area contributed by atoms with Crippen molar-refractivity contribution in [2.45, 2.75) is 33.2 Å². The van der Waals surface area contributed by atoms with Crippen LogP contribution in [0.5, 0.6) is 0 Å². The molecular formula is C11H21N3S. The van der Waals surface area contributed by atoms with Crippen molar-refractivity contribution in [2.75, 3.05) is 13.1 Å². The lowest BCUT2D eigenvalue weighted by atomic mass is 10.1. The van der Waals surface area contributed by atoms with Crippen molar-refractivity contribution in [1.29, 1.82) is 0 Å². The van der Waals surface area contributed by atoms with E-state index in [4.69, 9.17) is 5.73 Å². The monoisotopic (exact) mass is 227 g/mol. The van der Waals surface area contributed by atoms with Crippen molar-refractivity contribution in [3.63, 3.8) is 0 Å². The van der Waals surface area contributed by atoms with E-state index in [1.807, 2.05) is 6.20 Å². The maximum absolute atomic E-state index is 5.55. The average molecular weight is 227 g/mol. The van der Waals surface area contributed by atoms with Crippen molar-refractivity contribution in [1.82, 2.24) is 10.3 Å². The predicted octanol–water partition coefficient (Wildman–Crippen LogP) is 1.78. The standard InChI is InChI=1S/C11H21N3S/c1-3-10-7-14-11(15-10)8-13-5-4-9(2)6-12/h7,9,13H,3-6,8,12H2,1-2H3. The van der Waals surface area contributed by atoms with Gasteiger partial charge in [0, 0.05) is 17.6 Å². The van der Waals surface area contributed by atoms with Crippen LogP contribution in [-0.4, -0.2) is 18.1 Å². The van der Waals surface area contributed by atoms with Gasteiger partial charge >= 0.3 is 0 Å². The summed E-state index contributed by atoms with van der Waals surface area (Å²) in [4.78, 5) is 5.72. The molecule has 0 aliphatic heterocycles. The maximum atomic E-state index is 5.55. The largest absolute Gasteiger partial charge is 0.330 e. The number of rotatable bonds is 7. The zero-order chi connectivity index (χ0) is 11.1. The first kappa shape index (κ1) is 12.6. The smallest absolute Gasteiger partial charge is 0.107 e. The van der Waals surface area contributed by atoms with Crippen LogP contribution in [0.25, 0.3) is 0 Å². The van der Waals surface area contributed by atoms with E-state index in [1.165, 1.54) is 9.88 Å². The number of nitrogens with zero attached hydrogens (tertiary/aromatic N) is 1. The van der Waals surface area contributed by atoms with Gasteiger partial charge in [0.05, 0.1) is 0 Å². The fourth-order valence-corrected chi connectivity index (χ4v) is 2.09. The van der Waals surface area contributed by atoms with Crippen LogP contribution in [0.3, 0.4) is 0 Å². The SMILES string of the molecule is CCc1cnc(CNCCC(C)CN)s1. The minimum Gasteiger partial charge on any atom is -0.330 e. The summed E-state index contributed by atoms with van der Waals surface area (Å²) in [6.07, 6.45) is 4.20. The summed E-state index contributed by atoms with van der Waals surface area (Å²) < 4.78 is 0. The van der Waals surface area contributed by atoms with Crippen molar-refractivity contribution in [3.8, 4) is 0 Å². The number of aryl methyl sites for hydroxylation is 1. The van der Waals surface area contributed by atoms with Crippen molar-refractivity contribution in [3.05, 3.63) is 16.1 Å². The van der Waals surface area contributed by atoms with Gasteiger partial charge in [0.25, 0.3) is 0 Å². The maximum Gasteiger partial charge on any atom is 0.107 e.